The Morgan fingerprint density at radius 1 is 0.926 bits per heavy atom. The summed E-state index contributed by atoms with van der Waals surface area (Å²) in [6, 6.07) is 22.1. The van der Waals surface area contributed by atoms with Gasteiger partial charge in [0.05, 0.1) is 13.2 Å². The largest absolute Gasteiger partial charge is 0.406 e. The number of nitrogens with one attached hydrogen (secondary N) is 1. The molecule has 0 bridgehead atoms. The smallest absolute Gasteiger partial charge is 0.261 e. The van der Waals surface area contributed by atoms with E-state index >= 15 is 0 Å². The summed E-state index contributed by atoms with van der Waals surface area (Å²) < 4.78 is 6.99. The molecule has 2 atom stereocenters. The Labute approximate surface area is 164 Å². The highest BCUT2D eigenvalue weighted by Gasteiger charge is 2.50. The fourth-order valence-corrected chi connectivity index (χ4v) is 8.98. The zero-order valence-electron chi connectivity index (χ0n) is 16.8. The molecule has 1 aliphatic rings. The molecular formula is C23H33NO2Si. The predicted octanol–water partition coefficient (Wildman–Crippen LogP) is 3.07. The zero-order chi connectivity index (χ0) is 19.3. The number of rotatable bonds is 6. The lowest BCUT2D eigenvalue weighted by molar-refractivity contribution is 0.162. The van der Waals surface area contributed by atoms with Crippen LogP contribution in [0.25, 0.3) is 0 Å². The summed E-state index contributed by atoms with van der Waals surface area (Å²) in [4.78, 5) is 0. The first kappa shape index (κ1) is 20.3. The van der Waals surface area contributed by atoms with Crippen LogP contribution < -0.4 is 15.7 Å². The number of hydrogen-bond donors (Lipinski definition) is 2. The van der Waals surface area contributed by atoms with Crippen LogP contribution in [-0.2, 0) is 4.43 Å². The number of hydrogen-bond acceptors (Lipinski definition) is 3. The molecule has 2 aromatic rings. The average molecular weight is 384 g/mol. The first-order valence-electron chi connectivity index (χ1n) is 10.1. The second-order valence-corrected chi connectivity index (χ2v) is 13.0. The minimum atomic E-state index is -2.47. The van der Waals surface area contributed by atoms with Gasteiger partial charge in [0.15, 0.2) is 0 Å². The van der Waals surface area contributed by atoms with E-state index in [1.54, 1.807) is 0 Å². The lowest BCUT2D eigenvalue weighted by Crippen LogP contribution is -2.67. The zero-order valence-corrected chi connectivity index (χ0v) is 17.8. The normalized spacial score (nSPS) is 21.2. The van der Waals surface area contributed by atoms with Crippen LogP contribution in [-0.4, -0.2) is 38.7 Å². The van der Waals surface area contributed by atoms with Crippen molar-refractivity contribution in [1.82, 2.24) is 5.32 Å². The molecule has 1 saturated heterocycles. The molecule has 3 rings (SSSR count). The topological polar surface area (TPSA) is 41.5 Å². The van der Waals surface area contributed by atoms with Crippen molar-refractivity contribution in [3.63, 3.8) is 0 Å². The van der Waals surface area contributed by atoms with Crippen LogP contribution >= 0.6 is 0 Å². The van der Waals surface area contributed by atoms with Gasteiger partial charge in [0.1, 0.15) is 0 Å². The molecule has 1 heterocycles. The Kier molecular flexibility index (Phi) is 6.53. The SMILES string of the molecule is CC(C)(C)[Si](OCC1CCCC(CO)N1)(c1ccccc1)c1ccccc1. The quantitative estimate of drug-likeness (QED) is 0.754. The third-order valence-electron chi connectivity index (χ3n) is 5.71. The predicted molar refractivity (Wildman–Crippen MR) is 115 cm³/mol. The van der Waals surface area contributed by atoms with Crippen molar-refractivity contribution in [2.75, 3.05) is 13.2 Å². The highest BCUT2D eigenvalue weighted by Crippen LogP contribution is 2.37. The monoisotopic (exact) mass is 383 g/mol. The minimum Gasteiger partial charge on any atom is -0.406 e. The van der Waals surface area contributed by atoms with Crippen LogP contribution in [0.1, 0.15) is 40.0 Å². The van der Waals surface area contributed by atoms with E-state index < -0.39 is 8.32 Å². The van der Waals surface area contributed by atoms with Crippen molar-refractivity contribution in [3.8, 4) is 0 Å². The maximum Gasteiger partial charge on any atom is 0.261 e. The Hall–Kier alpha value is -1.46. The highest BCUT2D eigenvalue weighted by molar-refractivity contribution is 6.99. The molecule has 1 aliphatic heterocycles. The number of aliphatic hydroxyl groups excluding tert-OH is 1. The highest BCUT2D eigenvalue weighted by atomic mass is 28.4. The Balaban J connectivity index is 1.97. The summed E-state index contributed by atoms with van der Waals surface area (Å²) in [6.45, 7) is 7.82. The molecule has 2 N–H and O–H groups in total. The van der Waals surface area contributed by atoms with Crippen LogP contribution in [0.15, 0.2) is 60.7 Å². The van der Waals surface area contributed by atoms with Gasteiger partial charge in [-0.1, -0.05) is 87.9 Å². The maximum absolute atomic E-state index is 9.53. The van der Waals surface area contributed by atoms with Crippen molar-refractivity contribution in [1.29, 1.82) is 0 Å². The van der Waals surface area contributed by atoms with Crippen molar-refractivity contribution in [2.24, 2.45) is 0 Å². The molecule has 0 aromatic heterocycles. The molecule has 146 valence electrons. The molecule has 0 radical (unpaired) electrons. The molecule has 0 spiro atoms. The van der Waals surface area contributed by atoms with E-state index in [-0.39, 0.29) is 17.7 Å². The summed E-state index contributed by atoms with van der Waals surface area (Å²) >= 11 is 0. The van der Waals surface area contributed by atoms with E-state index in [1.807, 2.05) is 0 Å². The molecule has 2 unspecified atom stereocenters. The second kappa shape index (κ2) is 8.70. The lowest BCUT2D eigenvalue weighted by atomic mass is 10.00. The first-order valence-corrected chi connectivity index (χ1v) is 12.0. The van der Waals surface area contributed by atoms with Gasteiger partial charge in [0, 0.05) is 12.1 Å². The molecule has 1 fully saturated rings. The van der Waals surface area contributed by atoms with Crippen LogP contribution in [0.4, 0.5) is 0 Å². The van der Waals surface area contributed by atoms with Gasteiger partial charge < -0.3 is 14.8 Å². The third kappa shape index (κ3) is 4.35. The van der Waals surface area contributed by atoms with Crippen molar-refractivity contribution < 1.29 is 9.53 Å². The minimum absolute atomic E-state index is 0.000747. The van der Waals surface area contributed by atoms with Crippen LogP contribution in [0, 0.1) is 0 Å². The summed E-state index contributed by atoms with van der Waals surface area (Å²) in [5.41, 5.74) is 0. The van der Waals surface area contributed by atoms with Gasteiger partial charge in [-0.15, -0.1) is 0 Å². The van der Waals surface area contributed by atoms with Gasteiger partial charge in [-0.2, -0.15) is 0 Å². The second-order valence-electron chi connectivity index (χ2n) is 8.65. The molecule has 27 heavy (non-hydrogen) atoms. The van der Waals surface area contributed by atoms with E-state index in [0.717, 1.165) is 19.3 Å². The van der Waals surface area contributed by atoms with E-state index in [2.05, 4.69) is 86.8 Å². The fraction of sp³-hybridized carbons (Fsp3) is 0.478. The van der Waals surface area contributed by atoms with Crippen molar-refractivity contribution >= 4 is 18.7 Å². The van der Waals surface area contributed by atoms with Crippen LogP contribution in [0.3, 0.4) is 0 Å². The summed E-state index contributed by atoms with van der Waals surface area (Å²) in [6.07, 6.45) is 3.30. The summed E-state index contributed by atoms with van der Waals surface area (Å²) in [5.74, 6) is 0. The maximum atomic E-state index is 9.53. The van der Waals surface area contributed by atoms with Gasteiger partial charge in [-0.05, 0) is 28.3 Å². The van der Waals surface area contributed by atoms with Gasteiger partial charge in [0.2, 0.25) is 0 Å². The Bertz CT molecular complexity index is 660. The molecule has 3 nitrogen and oxygen atoms in total. The van der Waals surface area contributed by atoms with E-state index in [1.165, 1.54) is 10.4 Å². The summed E-state index contributed by atoms with van der Waals surface area (Å²) in [7, 11) is -2.47. The van der Waals surface area contributed by atoms with Gasteiger partial charge in [-0.3, -0.25) is 0 Å². The number of piperidine rings is 1. The number of benzene rings is 2. The average Bonchev–Trinajstić information content (AvgIpc) is 2.69. The molecule has 4 heteroatoms. The Morgan fingerprint density at radius 2 is 1.44 bits per heavy atom. The van der Waals surface area contributed by atoms with Gasteiger partial charge >= 0.3 is 0 Å². The lowest BCUT2D eigenvalue weighted by Gasteiger charge is -2.44. The van der Waals surface area contributed by atoms with Crippen LogP contribution in [0.5, 0.6) is 0 Å². The van der Waals surface area contributed by atoms with Crippen LogP contribution in [0.2, 0.25) is 5.04 Å². The molecule has 0 saturated carbocycles. The standard InChI is InChI=1S/C23H33NO2Si/c1-23(2,3)27(21-13-6-4-7-14-21,22-15-8-5-9-16-22)26-18-20-12-10-11-19(17-25)24-20/h4-9,13-16,19-20,24-25H,10-12,17-18H2,1-3H3. The third-order valence-corrected chi connectivity index (χ3v) is 10.7. The molecular weight excluding hydrogens is 350 g/mol. The van der Waals surface area contributed by atoms with Gasteiger partial charge in [0.25, 0.3) is 8.32 Å². The molecule has 0 amide bonds. The molecule has 0 aliphatic carbocycles. The first-order chi connectivity index (χ1) is 13.0. The number of aliphatic hydroxyl groups is 1. The van der Waals surface area contributed by atoms with E-state index in [9.17, 15) is 5.11 Å². The van der Waals surface area contributed by atoms with E-state index in [0.29, 0.717) is 12.6 Å². The Morgan fingerprint density at radius 3 is 1.93 bits per heavy atom. The fourth-order valence-electron chi connectivity index (χ4n) is 4.37. The summed E-state index contributed by atoms with van der Waals surface area (Å²) in [5, 5.41) is 15.7. The van der Waals surface area contributed by atoms with Gasteiger partial charge in [-0.25, -0.2) is 0 Å². The van der Waals surface area contributed by atoms with Crippen molar-refractivity contribution in [3.05, 3.63) is 60.7 Å². The molecule has 2 aromatic carbocycles. The van der Waals surface area contributed by atoms with Crippen molar-refractivity contribution in [2.45, 2.75) is 57.2 Å². The van der Waals surface area contributed by atoms with E-state index in [4.69, 9.17) is 4.43 Å².